The highest BCUT2D eigenvalue weighted by molar-refractivity contribution is 5.72. The number of benzene rings is 2. The molecule has 0 aliphatic rings. The Morgan fingerprint density at radius 3 is 2.43 bits per heavy atom. The molecule has 0 amide bonds. The standard InChI is InChI=1S/C20H24O/c1-14(2)19-13-17(10-12-20(19)21-5)9-11-18-8-6-7-15(3)16(18)4/h6-14H,1-5H3/b11-9+. The van der Waals surface area contributed by atoms with Gasteiger partial charge in [-0.05, 0) is 59.7 Å². The number of methoxy groups -OCH3 is 1. The zero-order valence-electron chi connectivity index (χ0n) is 13.6. The van der Waals surface area contributed by atoms with Gasteiger partial charge in [0.05, 0.1) is 7.11 Å². The van der Waals surface area contributed by atoms with E-state index in [1.54, 1.807) is 7.11 Å². The fourth-order valence-electron chi connectivity index (χ4n) is 2.45. The van der Waals surface area contributed by atoms with E-state index in [9.17, 15) is 0 Å². The van der Waals surface area contributed by atoms with Crippen LogP contribution in [0.1, 0.15) is 47.6 Å². The minimum Gasteiger partial charge on any atom is -0.496 e. The lowest BCUT2D eigenvalue weighted by molar-refractivity contribution is 0.407. The maximum absolute atomic E-state index is 5.44. The van der Waals surface area contributed by atoms with Crippen LogP contribution >= 0.6 is 0 Å². The van der Waals surface area contributed by atoms with Crippen LogP contribution in [0.2, 0.25) is 0 Å². The van der Waals surface area contributed by atoms with E-state index < -0.39 is 0 Å². The highest BCUT2D eigenvalue weighted by Gasteiger charge is 2.07. The summed E-state index contributed by atoms with van der Waals surface area (Å²) in [6.45, 7) is 8.70. The molecule has 2 rings (SSSR count). The van der Waals surface area contributed by atoms with Gasteiger partial charge in [0, 0.05) is 0 Å². The minimum atomic E-state index is 0.453. The average molecular weight is 280 g/mol. The van der Waals surface area contributed by atoms with E-state index in [1.165, 1.54) is 27.8 Å². The zero-order chi connectivity index (χ0) is 15.4. The van der Waals surface area contributed by atoms with Gasteiger partial charge in [-0.15, -0.1) is 0 Å². The van der Waals surface area contributed by atoms with E-state index in [-0.39, 0.29) is 0 Å². The van der Waals surface area contributed by atoms with Crippen LogP contribution < -0.4 is 4.74 Å². The lowest BCUT2D eigenvalue weighted by atomic mass is 9.98. The zero-order valence-corrected chi connectivity index (χ0v) is 13.6. The first-order valence-electron chi connectivity index (χ1n) is 7.45. The van der Waals surface area contributed by atoms with Crippen molar-refractivity contribution in [1.29, 1.82) is 0 Å². The predicted molar refractivity (Wildman–Crippen MR) is 91.9 cm³/mol. The second kappa shape index (κ2) is 6.62. The fraction of sp³-hybridized carbons (Fsp3) is 0.300. The molecular formula is C20H24O. The van der Waals surface area contributed by atoms with E-state index in [2.05, 4.69) is 76.2 Å². The third-order valence-corrected chi connectivity index (χ3v) is 3.98. The molecule has 110 valence electrons. The van der Waals surface area contributed by atoms with Crippen molar-refractivity contribution in [2.45, 2.75) is 33.6 Å². The molecule has 0 spiro atoms. The quantitative estimate of drug-likeness (QED) is 0.662. The molecule has 21 heavy (non-hydrogen) atoms. The molecule has 0 aliphatic heterocycles. The van der Waals surface area contributed by atoms with Gasteiger partial charge >= 0.3 is 0 Å². The van der Waals surface area contributed by atoms with Crippen LogP contribution in [0, 0.1) is 13.8 Å². The van der Waals surface area contributed by atoms with Gasteiger partial charge in [0.15, 0.2) is 0 Å². The van der Waals surface area contributed by atoms with Crippen molar-refractivity contribution >= 4 is 12.2 Å². The molecule has 0 aliphatic carbocycles. The summed E-state index contributed by atoms with van der Waals surface area (Å²) in [5.74, 6) is 1.42. The Bertz CT molecular complexity index is 651. The molecule has 0 heterocycles. The van der Waals surface area contributed by atoms with E-state index in [4.69, 9.17) is 4.74 Å². The third kappa shape index (κ3) is 3.55. The van der Waals surface area contributed by atoms with Crippen molar-refractivity contribution < 1.29 is 4.74 Å². The Labute approximate surface area is 128 Å². The summed E-state index contributed by atoms with van der Waals surface area (Å²) in [7, 11) is 1.73. The van der Waals surface area contributed by atoms with Crippen molar-refractivity contribution in [3.63, 3.8) is 0 Å². The molecule has 0 radical (unpaired) electrons. The van der Waals surface area contributed by atoms with Crippen molar-refractivity contribution in [3.05, 3.63) is 64.2 Å². The summed E-state index contributed by atoms with van der Waals surface area (Å²) in [4.78, 5) is 0. The largest absolute Gasteiger partial charge is 0.496 e. The molecule has 0 unspecified atom stereocenters. The molecule has 0 fully saturated rings. The van der Waals surface area contributed by atoms with Crippen LogP contribution in [-0.4, -0.2) is 7.11 Å². The Hall–Kier alpha value is -2.02. The van der Waals surface area contributed by atoms with Gasteiger partial charge in [0.2, 0.25) is 0 Å². The lowest BCUT2D eigenvalue weighted by Crippen LogP contribution is -1.94. The highest BCUT2D eigenvalue weighted by Crippen LogP contribution is 2.28. The van der Waals surface area contributed by atoms with Crippen molar-refractivity contribution in [1.82, 2.24) is 0 Å². The van der Waals surface area contributed by atoms with Gasteiger partial charge in [-0.25, -0.2) is 0 Å². The summed E-state index contributed by atoms with van der Waals surface area (Å²) in [6.07, 6.45) is 4.36. The maximum Gasteiger partial charge on any atom is 0.122 e. The smallest absolute Gasteiger partial charge is 0.122 e. The first-order chi connectivity index (χ1) is 10.0. The van der Waals surface area contributed by atoms with Gasteiger partial charge in [-0.1, -0.05) is 50.3 Å². The molecule has 0 saturated heterocycles. The van der Waals surface area contributed by atoms with Crippen molar-refractivity contribution in [2.75, 3.05) is 7.11 Å². The molecule has 1 heteroatoms. The van der Waals surface area contributed by atoms with Crippen molar-refractivity contribution in [3.8, 4) is 5.75 Å². The molecule has 0 saturated carbocycles. The number of ether oxygens (including phenoxy) is 1. The van der Waals surface area contributed by atoms with E-state index in [1.807, 2.05) is 0 Å². The molecule has 0 N–H and O–H groups in total. The minimum absolute atomic E-state index is 0.453. The summed E-state index contributed by atoms with van der Waals surface area (Å²) >= 11 is 0. The summed E-state index contributed by atoms with van der Waals surface area (Å²) < 4.78 is 5.44. The van der Waals surface area contributed by atoms with Crippen LogP contribution in [-0.2, 0) is 0 Å². The topological polar surface area (TPSA) is 9.23 Å². The highest BCUT2D eigenvalue weighted by atomic mass is 16.5. The molecule has 0 bridgehead atoms. The van der Waals surface area contributed by atoms with Gasteiger partial charge in [-0.2, -0.15) is 0 Å². The van der Waals surface area contributed by atoms with Crippen LogP contribution in [0.15, 0.2) is 36.4 Å². The van der Waals surface area contributed by atoms with E-state index in [0.717, 1.165) is 5.75 Å². The van der Waals surface area contributed by atoms with Crippen molar-refractivity contribution in [2.24, 2.45) is 0 Å². The van der Waals surface area contributed by atoms with Gasteiger partial charge < -0.3 is 4.74 Å². The van der Waals surface area contributed by atoms with Gasteiger partial charge in [0.25, 0.3) is 0 Å². The Morgan fingerprint density at radius 2 is 1.76 bits per heavy atom. The van der Waals surface area contributed by atoms with Crippen LogP contribution in [0.25, 0.3) is 12.2 Å². The molecule has 1 nitrogen and oxygen atoms in total. The van der Waals surface area contributed by atoms with Gasteiger partial charge in [0.1, 0.15) is 5.75 Å². The number of aryl methyl sites for hydroxylation is 1. The summed E-state index contributed by atoms with van der Waals surface area (Å²) in [5, 5.41) is 0. The monoisotopic (exact) mass is 280 g/mol. The third-order valence-electron chi connectivity index (χ3n) is 3.98. The normalized spacial score (nSPS) is 11.3. The summed E-state index contributed by atoms with van der Waals surface area (Å²) in [6, 6.07) is 12.8. The van der Waals surface area contributed by atoms with E-state index >= 15 is 0 Å². The van der Waals surface area contributed by atoms with Gasteiger partial charge in [-0.3, -0.25) is 0 Å². The Kier molecular flexibility index (Phi) is 4.85. The molecule has 0 atom stereocenters. The molecule has 2 aromatic rings. The number of rotatable bonds is 4. The Balaban J connectivity index is 2.33. The molecule has 0 aromatic heterocycles. The SMILES string of the molecule is COc1ccc(/C=C/c2cccc(C)c2C)cc1C(C)C. The second-order valence-electron chi connectivity index (χ2n) is 5.78. The van der Waals surface area contributed by atoms with Crippen LogP contribution in [0.5, 0.6) is 5.75 Å². The summed E-state index contributed by atoms with van der Waals surface area (Å²) in [5.41, 5.74) is 6.40. The van der Waals surface area contributed by atoms with E-state index in [0.29, 0.717) is 5.92 Å². The first-order valence-corrected chi connectivity index (χ1v) is 7.45. The predicted octanol–water partition coefficient (Wildman–Crippen LogP) is 5.61. The molecule has 2 aromatic carbocycles. The number of hydrogen-bond acceptors (Lipinski definition) is 1. The fourth-order valence-corrected chi connectivity index (χ4v) is 2.45. The average Bonchev–Trinajstić information content (AvgIpc) is 2.48. The second-order valence-corrected chi connectivity index (χ2v) is 5.78. The Morgan fingerprint density at radius 1 is 1.00 bits per heavy atom. The molecular weight excluding hydrogens is 256 g/mol. The number of hydrogen-bond donors (Lipinski definition) is 0. The maximum atomic E-state index is 5.44. The first kappa shape index (κ1) is 15.4. The lowest BCUT2D eigenvalue weighted by Gasteiger charge is -2.12. The van der Waals surface area contributed by atoms with Crippen LogP contribution in [0.4, 0.5) is 0 Å². The van der Waals surface area contributed by atoms with Crippen LogP contribution in [0.3, 0.4) is 0 Å².